The van der Waals surface area contributed by atoms with E-state index in [0.29, 0.717) is 0 Å². The average Bonchev–Trinajstić information content (AvgIpc) is 2.48. The number of hydrogen-bond donors (Lipinski definition) is 6. The molecule has 24 heavy (non-hydrogen) atoms. The number of amides is 3. The lowest BCUT2D eigenvalue weighted by atomic mass is 10.0. The van der Waals surface area contributed by atoms with Crippen LogP contribution in [-0.2, 0) is 19.2 Å². The van der Waals surface area contributed by atoms with Crippen molar-refractivity contribution in [3.05, 3.63) is 0 Å². The van der Waals surface area contributed by atoms with E-state index < -0.39 is 41.8 Å². The molecule has 0 bridgehead atoms. The number of nitrogens with two attached hydrogens (primary N) is 2. The Morgan fingerprint density at radius 2 is 1.62 bits per heavy atom. The number of nitrogens with one attached hydrogen (secondary N) is 2. The van der Waals surface area contributed by atoms with Gasteiger partial charge in [0, 0.05) is 12.2 Å². The molecular formula is C14H26N4O5S. The standard InChI is InChI=1S/C14H26N4O5S/c1-7(2)5-10(14(22)23)18-13(21)9(3-4-11(16)19)17-12(20)8(15)6-24/h7-10,24H,3-6,15H2,1-2H3,(H2,16,19)(H,17,20)(H,18,21)(H,22,23)/t8-,9-,10-/m0/s1. The normalized spacial score (nSPS) is 14.5. The summed E-state index contributed by atoms with van der Waals surface area (Å²) in [4.78, 5) is 46.3. The highest BCUT2D eigenvalue weighted by atomic mass is 32.1. The summed E-state index contributed by atoms with van der Waals surface area (Å²) in [5.41, 5.74) is 10.6. The molecule has 0 saturated carbocycles. The fourth-order valence-electron chi connectivity index (χ4n) is 1.88. The summed E-state index contributed by atoms with van der Waals surface area (Å²) in [6, 6.07) is -3.13. The molecule has 0 aliphatic carbocycles. The van der Waals surface area contributed by atoms with Gasteiger partial charge in [0.1, 0.15) is 12.1 Å². The van der Waals surface area contributed by atoms with E-state index in [4.69, 9.17) is 11.5 Å². The van der Waals surface area contributed by atoms with Gasteiger partial charge in [0.05, 0.1) is 6.04 Å². The molecule has 0 saturated heterocycles. The summed E-state index contributed by atoms with van der Waals surface area (Å²) in [5, 5.41) is 13.9. The minimum Gasteiger partial charge on any atom is -0.480 e. The van der Waals surface area contributed by atoms with Crippen LogP contribution in [0.25, 0.3) is 0 Å². The van der Waals surface area contributed by atoms with E-state index in [1.165, 1.54) is 0 Å². The molecule has 0 spiro atoms. The van der Waals surface area contributed by atoms with E-state index in [1.54, 1.807) is 0 Å². The van der Waals surface area contributed by atoms with Crippen LogP contribution < -0.4 is 22.1 Å². The number of carbonyl (C=O) groups excluding carboxylic acids is 3. The average molecular weight is 362 g/mol. The first-order chi connectivity index (χ1) is 11.1. The van der Waals surface area contributed by atoms with Gasteiger partial charge in [0.2, 0.25) is 17.7 Å². The molecule has 10 heteroatoms. The molecule has 0 aliphatic heterocycles. The maximum atomic E-state index is 12.3. The topological polar surface area (TPSA) is 165 Å². The van der Waals surface area contributed by atoms with Crippen molar-refractivity contribution in [2.45, 2.75) is 51.2 Å². The molecule has 138 valence electrons. The molecule has 7 N–H and O–H groups in total. The van der Waals surface area contributed by atoms with Crippen LogP contribution in [0.3, 0.4) is 0 Å². The minimum atomic E-state index is -1.18. The molecule has 9 nitrogen and oxygen atoms in total. The second kappa shape index (κ2) is 10.9. The second-order valence-corrected chi connectivity index (χ2v) is 6.25. The van der Waals surface area contributed by atoms with Crippen molar-refractivity contribution < 1.29 is 24.3 Å². The summed E-state index contributed by atoms with van der Waals surface area (Å²) in [6.45, 7) is 3.64. The van der Waals surface area contributed by atoms with Crippen LogP contribution in [0.1, 0.15) is 33.1 Å². The molecule has 3 amide bonds. The van der Waals surface area contributed by atoms with Gasteiger partial charge in [-0.15, -0.1) is 0 Å². The largest absolute Gasteiger partial charge is 0.480 e. The van der Waals surface area contributed by atoms with Gasteiger partial charge in [-0.1, -0.05) is 13.8 Å². The maximum absolute atomic E-state index is 12.3. The van der Waals surface area contributed by atoms with E-state index in [-0.39, 0.29) is 30.9 Å². The third-order valence-corrected chi connectivity index (χ3v) is 3.56. The van der Waals surface area contributed by atoms with Crippen LogP contribution in [-0.4, -0.2) is 52.7 Å². The highest BCUT2D eigenvalue weighted by Crippen LogP contribution is 2.07. The first kappa shape index (κ1) is 22.2. The van der Waals surface area contributed by atoms with Gasteiger partial charge in [-0.3, -0.25) is 14.4 Å². The van der Waals surface area contributed by atoms with Gasteiger partial charge < -0.3 is 27.2 Å². The maximum Gasteiger partial charge on any atom is 0.326 e. The zero-order valence-corrected chi connectivity index (χ0v) is 14.7. The highest BCUT2D eigenvalue weighted by molar-refractivity contribution is 7.80. The van der Waals surface area contributed by atoms with Crippen LogP contribution in [0.4, 0.5) is 0 Å². The first-order valence-corrected chi connectivity index (χ1v) is 8.20. The number of primary amides is 1. The Balaban J connectivity index is 5.02. The van der Waals surface area contributed by atoms with E-state index in [2.05, 4.69) is 23.3 Å². The molecule has 0 fully saturated rings. The lowest BCUT2D eigenvalue weighted by Gasteiger charge is -2.23. The Labute approximate surface area is 146 Å². The van der Waals surface area contributed by atoms with Crippen molar-refractivity contribution in [1.29, 1.82) is 0 Å². The fraction of sp³-hybridized carbons (Fsp3) is 0.714. The molecule has 0 aromatic rings. The van der Waals surface area contributed by atoms with Crippen LogP contribution >= 0.6 is 12.6 Å². The molecule has 0 aromatic heterocycles. The van der Waals surface area contributed by atoms with Crippen LogP contribution in [0.15, 0.2) is 0 Å². The number of thiol groups is 1. The predicted octanol–water partition coefficient (Wildman–Crippen LogP) is -1.39. The number of aliphatic carboxylic acids is 1. The van der Waals surface area contributed by atoms with Gasteiger partial charge in [0.15, 0.2) is 0 Å². The number of carbonyl (C=O) groups is 4. The smallest absolute Gasteiger partial charge is 0.326 e. The van der Waals surface area contributed by atoms with Gasteiger partial charge in [-0.25, -0.2) is 4.79 Å². The molecule has 3 atom stereocenters. The monoisotopic (exact) mass is 362 g/mol. The van der Waals surface area contributed by atoms with Crippen molar-refractivity contribution in [3.63, 3.8) is 0 Å². The van der Waals surface area contributed by atoms with Crippen molar-refractivity contribution in [2.75, 3.05) is 5.75 Å². The van der Waals surface area contributed by atoms with Crippen molar-refractivity contribution in [2.24, 2.45) is 17.4 Å². The number of hydrogen-bond acceptors (Lipinski definition) is 6. The third-order valence-electron chi connectivity index (χ3n) is 3.17. The third kappa shape index (κ3) is 8.73. The minimum absolute atomic E-state index is 0.0441. The SMILES string of the molecule is CC(C)C[C@H](NC(=O)[C@H](CCC(N)=O)NC(=O)[C@@H](N)CS)C(=O)O. The number of carboxylic acids is 1. The molecule has 0 heterocycles. The zero-order chi connectivity index (χ0) is 18.9. The Morgan fingerprint density at radius 1 is 1.08 bits per heavy atom. The molecule has 0 unspecified atom stereocenters. The van der Waals surface area contributed by atoms with Gasteiger partial charge >= 0.3 is 5.97 Å². The predicted molar refractivity (Wildman–Crippen MR) is 91.2 cm³/mol. The molecule has 0 rings (SSSR count). The van der Waals surface area contributed by atoms with Crippen LogP contribution in [0, 0.1) is 5.92 Å². The molecule has 0 aliphatic rings. The van der Waals surface area contributed by atoms with Crippen molar-refractivity contribution in [1.82, 2.24) is 10.6 Å². The summed E-state index contributed by atoms with van der Waals surface area (Å²) in [7, 11) is 0. The molecule has 0 radical (unpaired) electrons. The lowest BCUT2D eigenvalue weighted by molar-refractivity contribution is -0.142. The Morgan fingerprint density at radius 3 is 2.04 bits per heavy atom. The van der Waals surface area contributed by atoms with Gasteiger partial charge in [-0.2, -0.15) is 12.6 Å². The summed E-state index contributed by atoms with van der Waals surface area (Å²) in [5.74, 6) is -3.03. The zero-order valence-electron chi connectivity index (χ0n) is 13.8. The lowest BCUT2D eigenvalue weighted by Crippen LogP contribution is -2.55. The molecular weight excluding hydrogens is 336 g/mol. The summed E-state index contributed by atoms with van der Waals surface area (Å²) in [6.07, 6.45) is 0.0321. The van der Waals surface area contributed by atoms with Crippen LogP contribution in [0.2, 0.25) is 0 Å². The fourth-order valence-corrected chi connectivity index (χ4v) is 2.05. The quantitative estimate of drug-likeness (QED) is 0.248. The Kier molecular flexibility index (Phi) is 10.0. The van der Waals surface area contributed by atoms with E-state index in [1.807, 2.05) is 13.8 Å². The summed E-state index contributed by atoms with van der Waals surface area (Å²) >= 11 is 3.90. The van der Waals surface area contributed by atoms with Gasteiger partial charge in [0.25, 0.3) is 0 Å². The second-order valence-electron chi connectivity index (χ2n) is 5.88. The first-order valence-electron chi connectivity index (χ1n) is 7.56. The molecule has 0 aromatic carbocycles. The Bertz CT molecular complexity index is 472. The number of rotatable bonds is 11. The van der Waals surface area contributed by atoms with Crippen molar-refractivity contribution in [3.8, 4) is 0 Å². The van der Waals surface area contributed by atoms with E-state index >= 15 is 0 Å². The summed E-state index contributed by atoms with van der Waals surface area (Å²) < 4.78 is 0. The number of carboxylic acid groups (broad SMARTS) is 1. The van der Waals surface area contributed by atoms with Crippen molar-refractivity contribution >= 4 is 36.3 Å². The van der Waals surface area contributed by atoms with E-state index in [9.17, 15) is 24.3 Å². The highest BCUT2D eigenvalue weighted by Gasteiger charge is 2.28. The van der Waals surface area contributed by atoms with Crippen LogP contribution in [0.5, 0.6) is 0 Å². The van der Waals surface area contributed by atoms with E-state index in [0.717, 1.165) is 0 Å². The Hall–Kier alpha value is -1.81. The van der Waals surface area contributed by atoms with Gasteiger partial charge in [-0.05, 0) is 18.8 Å².